The van der Waals surface area contributed by atoms with Crippen molar-refractivity contribution in [3.05, 3.63) is 48.2 Å². The van der Waals surface area contributed by atoms with Gasteiger partial charge in [-0.1, -0.05) is 36.9 Å². The first-order valence-corrected chi connectivity index (χ1v) is 6.21. The van der Waals surface area contributed by atoms with Gasteiger partial charge < -0.3 is 10.2 Å². The van der Waals surface area contributed by atoms with Gasteiger partial charge in [0.2, 0.25) is 0 Å². The van der Waals surface area contributed by atoms with Crippen molar-refractivity contribution in [3.63, 3.8) is 0 Å². The largest absolute Gasteiger partial charge is 0.369 e. The third-order valence-corrected chi connectivity index (χ3v) is 2.75. The predicted molar refractivity (Wildman–Crippen MR) is 78.8 cm³/mol. The quantitative estimate of drug-likeness (QED) is 0.616. The lowest BCUT2D eigenvalue weighted by Gasteiger charge is -2.20. The highest BCUT2D eigenvalue weighted by atomic mass is 15.1. The summed E-state index contributed by atoms with van der Waals surface area (Å²) >= 11 is 0. The molecule has 0 aromatic heterocycles. The summed E-state index contributed by atoms with van der Waals surface area (Å²) in [5.74, 6) is 0. The summed E-state index contributed by atoms with van der Waals surface area (Å²) in [4.78, 5) is 6.22. The molecule has 1 rings (SSSR count). The second kappa shape index (κ2) is 6.97. The number of nitrogens with zero attached hydrogens (tertiary/aromatic N) is 2. The minimum absolute atomic E-state index is 0.149. The van der Waals surface area contributed by atoms with Crippen LogP contribution in [0.5, 0.6) is 0 Å². The Labute approximate surface area is 110 Å². The zero-order chi connectivity index (χ0) is 13.5. The molecule has 2 unspecified atom stereocenters. The lowest BCUT2D eigenvalue weighted by atomic mass is 10.1. The molecule has 0 fully saturated rings. The van der Waals surface area contributed by atoms with Crippen LogP contribution in [0.4, 0.5) is 0 Å². The summed E-state index contributed by atoms with van der Waals surface area (Å²) in [5.41, 5.74) is 2.11. The van der Waals surface area contributed by atoms with Gasteiger partial charge in [0, 0.05) is 26.2 Å². The Balaban J connectivity index is 2.54. The third-order valence-electron chi connectivity index (χ3n) is 2.75. The van der Waals surface area contributed by atoms with Crippen molar-refractivity contribution in [2.24, 2.45) is 4.99 Å². The maximum Gasteiger partial charge on any atom is 0.0903 e. The predicted octanol–water partition coefficient (Wildman–Crippen LogP) is 2.83. The second-order valence-corrected chi connectivity index (χ2v) is 4.72. The van der Waals surface area contributed by atoms with E-state index in [-0.39, 0.29) is 12.1 Å². The summed E-state index contributed by atoms with van der Waals surface area (Å²) in [6.45, 7) is 8.21. The monoisotopic (exact) mass is 245 g/mol. The summed E-state index contributed by atoms with van der Waals surface area (Å²) in [5, 5.41) is 3.49. The van der Waals surface area contributed by atoms with Gasteiger partial charge in [-0.15, -0.1) is 0 Å². The molecule has 0 bridgehead atoms. The molecule has 3 nitrogen and oxygen atoms in total. The van der Waals surface area contributed by atoms with Gasteiger partial charge in [-0.3, -0.25) is 0 Å². The Morgan fingerprint density at radius 1 is 1.28 bits per heavy atom. The van der Waals surface area contributed by atoms with Gasteiger partial charge in [-0.25, -0.2) is 4.99 Å². The van der Waals surface area contributed by atoms with Crippen molar-refractivity contribution in [1.29, 1.82) is 0 Å². The van der Waals surface area contributed by atoms with Crippen molar-refractivity contribution < 1.29 is 0 Å². The van der Waals surface area contributed by atoms with Crippen LogP contribution < -0.4 is 5.32 Å². The van der Waals surface area contributed by atoms with Crippen LogP contribution in [-0.2, 0) is 0 Å². The molecule has 1 aromatic carbocycles. The maximum atomic E-state index is 4.31. The molecule has 0 amide bonds. The molecular weight excluding hydrogens is 222 g/mol. The molecule has 0 spiro atoms. The molecule has 18 heavy (non-hydrogen) atoms. The lowest BCUT2D eigenvalue weighted by Crippen LogP contribution is -2.30. The number of nitrogens with one attached hydrogen (secondary N) is 1. The van der Waals surface area contributed by atoms with Gasteiger partial charge in [0.1, 0.15) is 0 Å². The smallest absolute Gasteiger partial charge is 0.0903 e. The minimum Gasteiger partial charge on any atom is -0.369 e. The van der Waals surface area contributed by atoms with Crippen LogP contribution >= 0.6 is 0 Å². The van der Waals surface area contributed by atoms with Gasteiger partial charge in [0.05, 0.1) is 12.0 Å². The molecule has 0 aliphatic carbocycles. The SMILES string of the molecule is C=C(/N=C\N(C)C)C(C)NC(C)c1ccccc1. The summed E-state index contributed by atoms with van der Waals surface area (Å²) in [7, 11) is 3.89. The second-order valence-electron chi connectivity index (χ2n) is 4.72. The standard InChI is InChI=1S/C15H23N3/c1-12(16-11-18(4)5)13(2)17-14(3)15-9-7-6-8-10-15/h6-11,13-14,17H,1H2,2-5H3/b16-11-. The van der Waals surface area contributed by atoms with Crippen LogP contribution in [0, 0.1) is 0 Å². The minimum atomic E-state index is 0.149. The highest BCUT2D eigenvalue weighted by molar-refractivity contribution is 5.55. The fraction of sp³-hybridized carbons (Fsp3) is 0.400. The number of hydrogen-bond acceptors (Lipinski definition) is 2. The lowest BCUT2D eigenvalue weighted by molar-refractivity contribution is 0.518. The fourth-order valence-corrected chi connectivity index (χ4v) is 1.61. The van der Waals surface area contributed by atoms with Gasteiger partial charge >= 0.3 is 0 Å². The van der Waals surface area contributed by atoms with Crippen LogP contribution in [0.15, 0.2) is 47.6 Å². The highest BCUT2D eigenvalue weighted by Gasteiger charge is 2.10. The van der Waals surface area contributed by atoms with Crippen LogP contribution in [0.1, 0.15) is 25.5 Å². The molecule has 0 aliphatic heterocycles. The highest BCUT2D eigenvalue weighted by Crippen LogP contribution is 2.14. The molecule has 0 saturated heterocycles. The molecule has 1 N–H and O–H groups in total. The summed E-state index contributed by atoms with van der Waals surface area (Å²) in [6, 6.07) is 10.8. The van der Waals surface area contributed by atoms with Crippen LogP contribution in [0.2, 0.25) is 0 Å². The maximum absolute atomic E-state index is 4.31. The topological polar surface area (TPSA) is 27.6 Å². The van der Waals surface area contributed by atoms with E-state index in [1.807, 2.05) is 25.1 Å². The van der Waals surface area contributed by atoms with E-state index in [1.54, 1.807) is 6.34 Å². The Morgan fingerprint density at radius 2 is 1.89 bits per heavy atom. The van der Waals surface area contributed by atoms with Crippen LogP contribution in [-0.4, -0.2) is 31.4 Å². The van der Waals surface area contributed by atoms with E-state index in [0.29, 0.717) is 0 Å². The van der Waals surface area contributed by atoms with Crippen molar-refractivity contribution in [2.45, 2.75) is 25.9 Å². The van der Waals surface area contributed by atoms with Gasteiger partial charge in [0.25, 0.3) is 0 Å². The van der Waals surface area contributed by atoms with E-state index in [1.165, 1.54) is 5.56 Å². The average Bonchev–Trinajstić information content (AvgIpc) is 2.36. The van der Waals surface area contributed by atoms with Crippen molar-refractivity contribution in [3.8, 4) is 0 Å². The summed E-state index contributed by atoms with van der Waals surface area (Å²) < 4.78 is 0. The molecule has 98 valence electrons. The molecule has 0 heterocycles. The average molecular weight is 245 g/mol. The third kappa shape index (κ3) is 4.72. The van der Waals surface area contributed by atoms with Gasteiger partial charge in [-0.05, 0) is 19.4 Å². The Bertz CT molecular complexity index is 395. The normalized spacial score (nSPS) is 14.4. The number of aliphatic imine (C=N–C) groups is 1. The van der Waals surface area contributed by atoms with Crippen molar-refractivity contribution in [1.82, 2.24) is 10.2 Å². The first-order chi connectivity index (χ1) is 8.50. The Kier molecular flexibility index (Phi) is 5.59. The number of rotatable bonds is 6. The van der Waals surface area contributed by atoms with E-state index in [0.717, 1.165) is 5.70 Å². The number of hydrogen-bond donors (Lipinski definition) is 1. The Morgan fingerprint density at radius 3 is 2.44 bits per heavy atom. The fourth-order valence-electron chi connectivity index (χ4n) is 1.61. The first-order valence-electron chi connectivity index (χ1n) is 6.21. The van der Waals surface area contributed by atoms with Crippen LogP contribution in [0.25, 0.3) is 0 Å². The van der Waals surface area contributed by atoms with E-state index in [9.17, 15) is 0 Å². The van der Waals surface area contributed by atoms with Crippen molar-refractivity contribution in [2.75, 3.05) is 14.1 Å². The summed E-state index contributed by atoms with van der Waals surface area (Å²) in [6.07, 6.45) is 1.77. The van der Waals surface area contributed by atoms with E-state index in [2.05, 4.69) is 55.0 Å². The number of benzene rings is 1. The van der Waals surface area contributed by atoms with E-state index < -0.39 is 0 Å². The van der Waals surface area contributed by atoms with Crippen molar-refractivity contribution >= 4 is 6.34 Å². The first kappa shape index (κ1) is 14.5. The zero-order valence-corrected chi connectivity index (χ0v) is 11.7. The molecule has 3 heteroatoms. The van der Waals surface area contributed by atoms with E-state index >= 15 is 0 Å². The molecule has 2 atom stereocenters. The van der Waals surface area contributed by atoms with E-state index in [4.69, 9.17) is 0 Å². The molecule has 1 aromatic rings. The molecular formula is C15H23N3. The Hall–Kier alpha value is -1.61. The van der Waals surface area contributed by atoms with Crippen LogP contribution in [0.3, 0.4) is 0 Å². The zero-order valence-electron chi connectivity index (χ0n) is 11.7. The molecule has 0 radical (unpaired) electrons. The van der Waals surface area contributed by atoms with Gasteiger partial charge in [0.15, 0.2) is 0 Å². The molecule has 0 saturated carbocycles. The van der Waals surface area contributed by atoms with Gasteiger partial charge in [-0.2, -0.15) is 0 Å². The molecule has 0 aliphatic rings.